The quantitative estimate of drug-likeness (QED) is 0.698. The molecule has 0 unspecified atom stereocenters. The standard InChI is InChI=1S/C17H26N6O2/c1-10-21-15-13(6-7-19-17(15)25)16(22-10)20-9-12-5-4-11(23(12)3)8-14(24)18-2/h11-12H,4-9H2,1-3H3,(H,18,24)(H,19,25)(H,20,21,22)/t11-,12+/m1/s1. The fraction of sp³-hybridized carbons (Fsp3) is 0.647. The number of hydrogen-bond acceptors (Lipinski definition) is 6. The summed E-state index contributed by atoms with van der Waals surface area (Å²) < 4.78 is 0. The number of likely N-dealkylation sites (tertiary alicyclic amines) is 1. The van der Waals surface area contributed by atoms with Crippen LogP contribution in [0.4, 0.5) is 5.82 Å². The van der Waals surface area contributed by atoms with Crippen molar-refractivity contribution in [1.29, 1.82) is 0 Å². The van der Waals surface area contributed by atoms with E-state index in [1.165, 1.54) is 0 Å². The molecule has 25 heavy (non-hydrogen) atoms. The molecule has 3 rings (SSSR count). The molecule has 0 aromatic carbocycles. The predicted molar refractivity (Wildman–Crippen MR) is 94.6 cm³/mol. The largest absolute Gasteiger partial charge is 0.368 e. The number of rotatable bonds is 5. The minimum absolute atomic E-state index is 0.0805. The van der Waals surface area contributed by atoms with Crippen molar-refractivity contribution in [2.24, 2.45) is 0 Å². The van der Waals surface area contributed by atoms with E-state index in [1.807, 2.05) is 0 Å². The Morgan fingerprint density at radius 2 is 2.08 bits per heavy atom. The monoisotopic (exact) mass is 346 g/mol. The molecule has 0 bridgehead atoms. The summed E-state index contributed by atoms with van der Waals surface area (Å²) in [5.74, 6) is 1.31. The molecule has 1 saturated heterocycles. The third-order valence-corrected chi connectivity index (χ3v) is 5.18. The van der Waals surface area contributed by atoms with Gasteiger partial charge in [0.1, 0.15) is 17.3 Å². The van der Waals surface area contributed by atoms with Crippen LogP contribution in [0.2, 0.25) is 0 Å². The summed E-state index contributed by atoms with van der Waals surface area (Å²) >= 11 is 0. The molecule has 0 spiro atoms. The lowest BCUT2D eigenvalue weighted by Gasteiger charge is -2.26. The van der Waals surface area contributed by atoms with E-state index in [0.717, 1.165) is 37.2 Å². The van der Waals surface area contributed by atoms with Crippen LogP contribution < -0.4 is 16.0 Å². The first-order chi connectivity index (χ1) is 12.0. The summed E-state index contributed by atoms with van der Waals surface area (Å²) in [4.78, 5) is 34.7. The van der Waals surface area contributed by atoms with Crippen LogP contribution in [0.15, 0.2) is 0 Å². The number of aryl methyl sites for hydroxylation is 1. The SMILES string of the molecule is CNC(=O)C[C@H]1CC[C@@H](CNc2nc(C)nc3c2CCNC3=O)N1C. The van der Waals surface area contributed by atoms with Gasteiger partial charge in [-0.2, -0.15) is 0 Å². The van der Waals surface area contributed by atoms with Crippen molar-refractivity contribution in [2.75, 3.05) is 32.5 Å². The zero-order valence-electron chi connectivity index (χ0n) is 15.1. The van der Waals surface area contributed by atoms with Crippen LogP contribution in [-0.4, -0.2) is 66.0 Å². The van der Waals surface area contributed by atoms with Gasteiger partial charge < -0.3 is 16.0 Å². The molecule has 3 heterocycles. The normalized spacial score (nSPS) is 23.1. The highest BCUT2D eigenvalue weighted by molar-refractivity contribution is 5.95. The maximum absolute atomic E-state index is 12.0. The van der Waals surface area contributed by atoms with Gasteiger partial charge in [0.25, 0.3) is 5.91 Å². The second-order valence-corrected chi connectivity index (χ2v) is 6.76. The van der Waals surface area contributed by atoms with Crippen molar-refractivity contribution in [3.63, 3.8) is 0 Å². The fourth-order valence-electron chi connectivity index (χ4n) is 3.66. The van der Waals surface area contributed by atoms with Crippen LogP contribution in [0.3, 0.4) is 0 Å². The van der Waals surface area contributed by atoms with E-state index in [-0.39, 0.29) is 17.9 Å². The first-order valence-electron chi connectivity index (χ1n) is 8.81. The molecular formula is C17H26N6O2. The van der Waals surface area contributed by atoms with E-state index in [4.69, 9.17) is 0 Å². The van der Waals surface area contributed by atoms with E-state index in [2.05, 4.69) is 37.9 Å². The van der Waals surface area contributed by atoms with E-state index in [1.54, 1.807) is 14.0 Å². The summed E-state index contributed by atoms with van der Waals surface area (Å²) in [5, 5.41) is 8.94. The highest BCUT2D eigenvalue weighted by Gasteiger charge is 2.32. The molecule has 0 aliphatic carbocycles. The van der Waals surface area contributed by atoms with Crippen molar-refractivity contribution >= 4 is 17.6 Å². The first-order valence-corrected chi connectivity index (χ1v) is 8.81. The Morgan fingerprint density at radius 3 is 2.84 bits per heavy atom. The number of fused-ring (bicyclic) bond motifs is 1. The Morgan fingerprint density at radius 1 is 1.32 bits per heavy atom. The zero-order valence-corrected chi connectivity index (χ0v) is 15.1. The van der Waals surface area contributed by atoms with Crippen LogP contribution in [0.1, 0.15) is 41.1 Å². The lowest BCUT2D eigenvalue weighted by atomic mass is 10.1. The second-order valence-electron chi connectivity index (χ2n) is 6.76. The molecule has 1 fully saturated rings. The third-order valence-electron chi connectivity index (χ3n) is 5.18. The lowest BCUT2D eigenvalue weighted by Crippen LogP contribution is -2.39. The van der Waals surface area contributed by atoms with Crippen LogP contribution >= 0.6 is 0 Å². The molecule has 2 aliphatic heterocycles. The molecular weight excluding hydrogens is 320 g/mol. The summed E-state index contributed by atoms with van der Waals surface area (Å²) in [5.41, 5.74) is 1.38. The Bertz CT molecular complexity index is 677. The number of carbonyl (C=O) groups is 2. The van der Waals surface area contributed by atoms with E-state index < -0.39 is 0 Å². The number of aromatic nitrogens is 2. The van der Waals surface area contributed by atoms with Crippen LogP contribution in [0, 0.1) is 6.92 Å². The third kappa shape index (κ3) is 3.73. The van der Waals surface area contributed by atoms with Crippen molar-refractivity contribution in [1.82, 2.24) is 25.5 Å². The maximum Gasteiger partial charge on any atom is 0.270 e. The topological polar surface area (TPSA) is 99.2 Å². The Kier molecular flexibility index (Phi) is 5.17. The maximum atomic E-state index is 12.0. The summed E-state index contributed by atoms with van der Waals surface area (Å²) in [6.45, 7) is 3.16. The summed E-state index contributed by atoms with van der Waals surface area (Å²) in [6.07, 6.45) is 3.33. The van der Waals surface area contributed by atoms with Crippen molar-refractivity contribution in [3.05, 3.63) is 17.1 Å². The van der Waals surface area contributed by atoms with E-state index in [0.29, 0.717) is 30.5 Å². The van der Waals surface area contributed by atoms with Crippen LogP contribution in [0.5, 0.6) is 0 Å². The summed E-state index contributed by atoms with van der Waals surface area (Å²) in [7, 11) is 3.74. The Labute approximate surface area is 147 Å². The molecule has 2 aliphatic rings. The number of nitrogens with zero attached hydrogens (tertiary/aromatic N) is 3. The molecule has 8 heteroatoms. The first kappa shape index (κ1) is 17.6. The van der Waals surface area contributed by atoms with Gasteiger partial charge in [-0.25, -0.2) is 9.97 Å². The van der Waals surface area contributed by atoms with Crippen molar-refractivity contribution < 1.29 is 9.59 Å². The van der Waals surface area contributed by atoms with Crippen LogP contribution in [0.25, 0.3) is 0 Å². The Balaban J connectivity index is 1.66. The van der Waals surface area contributed by atoms with Gasteiger partial charge in [0.15, 0.2) is 0 Å². The van der Waals surface area contributed by atoms with E-state index >= 15 is 0 Å². The predicted octanol–water partition coefficient (Wildman–Crippen LogP) is 0.0817. The highest BCUT2D eigenvalue weighted by Crippen LogP contribution is 2.26. The van der Waals surface area contributed by atoms with Gasteiger partial charge in [0.2, 0.25) is 5.91 Å². The van der Waals surface area contributed by atoms with Crippen molar-refractivity contribution in [2.45, 2.75) is 44.7 Å². The second kappa shape index (κ2) is 7.35. The smallest absolute Gasteiger partial charge is 0.270 e. The van der Waals surface area contributed by atoms with Gasteiger partial charge in [0.05, 0.1) is 0 Å². The van der Waals surface area contributed by atoms with Gasteiger partial charge >= 0.3 is 0 Å². The van der Waals surface area contributed by atoms with E-state index in [9.17, 15) is 9.59 Å². The number of hydrogen-bond donors (Lipinski definition) is 3. The molecule has 8 nitrogen and oxygen atoms in total. The number of carbonyl (C=O) groups excluding carboxylic acids is 2. The minimum atomic E-state index is -0.126. The van der Waals surface area contributed by atoms with Gasteiger partial charge in [-0.3, -0.25) is 14.5 Å². The van der Waals surface area contributed by atoms with Gasteiger partial charge in [-0.05, 0) is 33.2 Å². The highest BCUT2D eigenvalue weighted by atomic mass is 16.2. The van der Waals surface area contributed by atoms with Gasteiger partial charge in [-0.1, -0.05) is 0 Å². The van der Waals surface area contributed by atoms with Gasteiger partial charge in [-0.15, -0.1) is 0 Å². The van der Waals surface area contributed by atoms with Crippen LogP contribution in [-0.2, 0) is 11.2 Å². The zero-order chi connectivity index (χ0) is 18.0. The molecule has 136 valence electrons. The number of nitrogens with one attached hydrogen (secondary N) is 3. The molecule has 2 atom stereocenters. The average molecular weight is 346 g/mol. The number of anilines is 1. The van der Waals surface area contributed by atoms with Crippen molar-refractivity contribution in [3.8, 4) is 0 Å². The molecule has 1 aromatic heterocycles. The average Bonchev–Trinajstić information content (AvgIpc) is 2.93. The minimum Gasteiger partial charge on any atom is -0.368 e. The molecule has 0 radical (unpaired) electrons. The lowest BCUT2D eigenvalue weighted by molar-refractivity contribution is -0.121. The molecule has 1 aromatic rings. The fourth-order valence-corrected chi connectivity index (χ4v) is 3.66. The Hall–Kier alpha value is -2.22. The van der Waals surface area contributed by atoms with Gasteiger partial charge in [0, 0.05) is 44.2 Å². The number of amides is 2. The number of likely N-dealkylation sites (N-methyl/N-ethyl adjacent to an activating group) is 1. The molecule has 3 N–H and O–H groups in total. The summed E-state index contributed by atoms with van der Waals surface area (Å²) in [6, 6.07) is 0.622. The molecule has 2 amide bonds. The molecule has 0 saturated carbocycles.